The third kappa shape index (κ3) is 5.10. The number of hydrogen-bond donors (Lipinski definition) is 1. The molecule has 2 aliphatic heterocycles. The molecule has 3 aliphatic rings. The number of nitrogens with two attached hydrogens (primary N) is 1. The van der Waals surface area contributed by atoms with Crippen LogP contribution in [0.2, 0.25) is 0 Å². The number of methoxy groups -OCH3 is 1. The Bertz CT molecular complexity index is 1730. The number of likely N-dealkylation sites (tertiary alicyclic amines) is 2. The van der Waals surface area contributed by atoms with E-state index in [4.69, 9.17) is 15.5 Å². The molecule has 2 saturated heterocycles. The summed E-state index contributed by atoms with van der Waals surface area (Å²) in [6.45, 7) is 6.15. The van der Waals surface area contributed by atoms with Gasteiger partial charge in [0.1, 0.15) is 11.3 Å². The van der Waals surface area contributed by atoms with Gasteiger partial charge >= 0.3 is 6.03 Å². The standard InChI is InChI=1S/C35H44N6O3/c1-4-22-7-6-14-40(20-22)34(42)26-17-28-32(30(19-26)44-3)38(2)33(37-28)29-18-25-8-5-9-27(31(25)41(29)21-23-10-11-23)24-12-15-39(16-13-24)35(36)43/h5,8-9,17-19,22-24H,4,6-7,10-16,20-21H2,1-3H3,(H2,36,43)/t22-/m1/s1. The van der Waals surface area contributed by atoms with Gasteiger partial charge < -0.3 is 29.4 Å². The normalized spacial score (nSPS) is 19.7. The van der Waals surface area contributed by atoms with Crippen LogP contribution in [0.1, 0.15) is 73.7 Å². The summed E-state index contributed by atoms with van der Waals surface area (Å²) in [5.41, 5.74) is 11.6. The number of rotatable bonds is 7. The molecule has 9 nitrogen and oxygen atoms in total. The SMILES string of the molecule is CC[C@@H]1CCCN(C(=O)c2cc(OC)c3c(c2)nc(-c2cc4cccc(C5CCN(C(N)=O)CC5)c4n2CC2CC2)n3C)C1. The summed E-state index contributed by atoms with van der Waals surface area (Å²) in [6.07, 6.45) is 7.64. The molecule has 4 aromatic rings. The largest absolute Gasteiger partial charge is 0.494 e. The van der Waals surface area contributed by atoms with Gasteiger partial charge in [0.15, 0.2) is 5.82 Å². The van der Waals surface area contributed by atoms with Crippen LogP contribution in [-0.4, -0.2) is 69.1 Å². The number of carbonyl (C=O) groups is 2. The van der Waals surface area contributed by atoms with Crippen LogP contribution in [0.4, 0.5) is 4.79 Å². The van der Waals surface area contributed by atoms with Crippen molar-refractivity contribution in [2.75, 3.05) is 33.3 Å². The highest BCUT2D eigenvalue weighted by molar-refractivity contribution is 6.00. The minimum atomic E-state index is -0.329. The molecule has 4 heterocycles. The molecule has 1 saturated carbocycles. The van der Waals surface area contributed by atoms with Gasteiger partial charge in [-0.3, -0.25) is 4.79 Å². The second-order valence-electron chi connectivity index (χ2n) is 13.2. The summed E-state index contributed by atoms with van der Waals surface area (Å²) in [5.74, 6) is 3.20. The Balaban J connectivity index is 1.31. The smallest absolute Gasteiger partial charge is 0.314 e. The molecule has 1 atom stereocenters. The van der Waals surface area contributed by atoms with E-state index in [-0.39, 0.29) is 11.9 Å². The monoisotopic (exact) mass is 596 g/mol. The number of fused-ring (bicyclic) bond motifs is 2. The van der Waals surface area contributed by atoms with Crippen molar-refractivity contribution in [3.63, 3.8) is 0 Å². The van der Waals surface area contributed by atoms with Crippen molar-refractivity contribution in [2.24, 2.45) is 24.6 Å². The highest BCUT2D eigenvalue weighted by Gasteiger charge is 2.30. The predicted octanol–water partition coefficient (Wildman–Crippen LogP) is 6.13. The van der Waals surface area contributed by atoms with Gasteiger partial charge in [-0.1, -0.05) is 31.5 Å². The zero-order chi connectivity index (χ0) is 30.5. The van der Waals surface area contributed by atoms with E-state index in [0.717, 1.165) is 67.9 Å². The highest BCUT2D eigenvalue weighted by atomic mass is 16.5. The van der Waals surface area contributed by atoms with E-state index in [1.54, 1.807) is 12.0 Å². The lowest BCUT2D eigenvalue weighted by molar-refractivity contribution is 0.0671. The van der Waals surface area contributed by atoms with Gasteiger partial charge in [-0.2, -0.15) is 0 Å². The topological polar surface area (TPSA) is 98.6 Å². The summed E-state index contributed by atoms with van der Waals surface area (Å²) in [5, 5.41) is 1.21. The highest BCUT2D eigenvalue weighted by Crippen LogP contribution is 2.41. The first-order valence-corrected chi connectivity index (χ1v) is 16.4. The number of nitrogens with zero attached hydrogens (tertiary/aromatic N) is 5. The fourth-order valence-corrected chi connectivity index (χ4v) is 7.61. The van der Waals surface area contributed by atoms with Crippen molar-refractivity contribution in [1.82, 2.24) is 23.9 Å². The minimum absolute atomic E-state index is 0.0606. The second kappa shape index (κ2) is 11.5. The van der Waals surface area contributed by atoms with Crippen LogP contribution >= 0.6 is 0 Å². The first-order valence-electron chi connectivity index (χ1n) is 16.4. The first kappa shape index (κ1) is 28.7. The summed E-state index contributed by atoms with van der Waals surface area (Å²) in [4.78, 5) is 34.4. The van der Waals surface area contributed by atoms with Gasteiger partial charge in [-0.05, 0) is 80.0 Å². The average Bonchev–Trinajstić information content (AvgIpc) is 3.72. The zero-order valence-electron chi connectivity index (χ0n) is 26.2. The molecular formula is C35H44N6O3. The van der Waals surface area contributed by atoms with Gasteiger partial charge in [0, 0.05) is 50.7 Å². The molecule has 7 rings (SSSR count). The maximum absolute atomic E-state index is 13.7. The molecule has 44 heavy (non-hydrogen) atoms. The van der Waals surface area contributed by atoms with Crippen LogP contribution in [0, 0.1) is 11.8 Å². The van der Waals surface area contributed by atoms with Crippen molar-refractivity contribution >= 4 is 33.9 Å². The van der Waals surface area contributed by atoms with Crippen molar-refractivity contribution in [1.29, 1.82) is 0 Å². The number of amides is 3. The van der Waals surface area contributed by atoms with Gasteiger partial charge in [-0.15, -0.1) is 0 Å². The van der Waals surface area contributed by atoms with E-state index >= 15 is 0 Å². The lowest BCUT2D eigenvalue weighted by Crippen LogP contribution is -2.41. The number of aryl methyl sites for hydroxylation is 1. The molecule has 3 amide bonds. The fourth-order valence-electron chi connectivity index (χ4n) is 7.61. The third-order valence-corrected chi connectivity index (χ3v) is 10.3. The minimum Gasteiger partial charge on any atom is -0.494 e. The number of carbonyl (C=O) groups excluding carboxylic acids is 2. The molecule has 9 heteroatoms. The molecular weight excluding hydrogens is 552 g/mol. The van der Waals surface area contributed by atoms with Gasteiger partial charge in [0.2, 0.25) is 0 Å². The van der Waals surface area contributed by atoms with Crippen molar-refractivity contribution < 1.29 is 14.3 Å². The van der Waals surface area contributed by atoms with Crippen LogP contribution in [0.25, 0.3) is 33.5 Å². The quantitative estimate of drug-likeness (QED) is 0.277. The van der Waals surface area contributed by atoms with Crippen LogP contribution in [0.3, 0.4) is 0 Å². The maximum Gasteiger partial charge on any atom is 0.314 e. The van der Waals surface area contributed by atoms with Crippen molar-refractivity contribution in [2.45, 2.75) is 64.3 Å². The summed E-state index contributed by atoms with van der Waals surface area (Å²) in [6, 6.07) is 12.4. The Hall–Kier alpha value is -4.01. The van der Waals surface area contributed by atoms with Crippen LogP contribution in [-0.2, 0) is 13.6 Å². The molecule has 0 unspecified atom stereocenters. The van der Waals surface area contributed by atoms with Gasteiger partial charge in [-0.25, -0.2) is 9.78 Å². The number of urea groups is 1. The predicted molar refractivity (Wildman–Crippen MR) is 173 cm³/mol. The van der Waals surface area contributed by atoms with E-state index in [2.05, 4.69) is 40.3 Å². The Morgan fingerprint density at radius 3 is 2.48 bits per heavy atom. The number of benzene rings is 2. The van der Waals surface area contributed by atoms with E-state index in [1.807, 2.05) is 24.1 Å². The number of hydrogen-bond acceptors (Lipinski definition) is 4. The molecule has 1 aliphatic carbocycles. The number of aromatic nitrogens is 3. The molecule has 232 valence electrons. The Morgan fingerprint density at radius 2 is 1.77 bits per heavy atom. The molecule has 0 spiro atoms. The Morgan fingerprint density at radius 1 is 0.977 bits per heavy atom. The summed E-state index contributed by atoms with van der Waals surface area (Å²) < 4.78 is 10.5. The average molecular weight is 597 g/mol. The van der Waals surface area contributed by atoms with E-state index < -0.39 is 0 Å². The molecule has 2 N–H and O–H groups in total. The molecule has 0 bridgehead atoms. The first-order chi connectivity index (χ1) is 21.4. The molecule has 2 aromatic heterocycles. The van der Waals surface area contributed by atoms with Crippen LogP contribution in [0.5, 0.6) is 5.75 Å². The van der Waals surface area contributed by atoms with Gasteiger partial charge in [0.05, 0.1) is 23.8 Å². The molecule has 3 fully saturated rings. The number of primary amides is 1. The second-order valence-corrected chi connectivity index (χ2v) is 13.2. The summed E-state index contributed by atoms with van der Waals surface area (Å²) in [7, 11) is 3.72. The number of ether oxygens (including phenoxy) is 1. The van der Waals surface area contributed by atoms with E-state index in [0.29, 0.717) is 42.2 Å². The molecule has 2 aromatic carbocycles. The van der Waals surface area contributed by atoms with Crippen molar-refractivity contribution in [3.05, 3.63) is 47.5 Å². The number of para-hydroxylation sites is 1. The Kier molecular flexibility index (Phi) is 7.50. The summed E-state index contributed by atoms with van der Waals surface area (Å²) >= 11 is 0. The number of imidazole rings is 1. The molecule has 0 radical (unpaired) electrons. The van der Waals surface area contributed by atoms with Gasteiger partial charge in [0.25, 0.3) is 5.91 Å². The van der Waals surface area contributed by atoms with E-state index in [9.17, 15) is 9.59 Å². The van der Waals surface area contributed by atoms with Crippen LogP contribution < -0.4 is 10.5 Å². The van der Waals surface area contributed by atoms with Crippen LogP contribution in [0.15, 0.2) is 36.4 Å². The maximum atomic E-state index is 13.7. The van der Waals surface area contributed by atoms with Crippen molar-refractivity contribution in [3.8, 4) is 17.3 Å². The number of piperidine rings is 2. The lowest BCUT2D eigenvalue weighted by atomic mass is 9.88. The van der Waals surface area contributed by atoms with E-state index in [1.165, 1.54) is 35.7 Å². The lowest BCUT2D eigenvalue weighted by Gasteiger charge is -2.32. The fraction of sp³-hybridized carbons (Fsp3) is 0.514. The Labute approximate surface area is 258 Å². The zero-order valence-corrected chi connectivity index (χ0v) is 26.2. The third-order valence-electron chi connectivity index (χ3n) is 10.3.